The quantitative estimate of drug-likeness (QED) is 0.102. The Balaban J connectivity index is 1.70. The average Bonchev–Trinajstić information content (AvgIpc) is 3.17. The van der Waals surface area contributed by atoms with Crippen molar-refractivity contribution in [3.05, 3.63) is 91.6 Å². The first-order valence-corrected chi connectivity index (χ1v) is 14.5. The normalized spacial score (nSPS) is 14.2. The van der Waals surface area contributed by atoms with E-state index in [1.54, 1.807) is 12.1 Å². The minimum atomic E-state index is -0.514. The molecule has 40 heavy (non-hydrogen) atoms. The number of carbonyl (C=O) groups is 2. The highest BCUT2D eigenvalue weighted by Gasteiger charge is 2.40. The number of methoxy groups -OCH3 is 1. The van der Waals surface area contributed by atoms with Gasteiger partial charge in [-0.2, -0.15) is 0 Å². The van der Waals surface area contributed by atoms with E-state index in [2.05, 4.69) is 29.5 Å². The van der Waals surface area contributed by atoms with Crippen LogP contribution in [0, 0.1) is 3.57 Å². The Morgan fingerprint density at radius 3 is 2.33 bits per heavy atom. The maximum Gasteiger partial charge on any atom is 0.325 e. The molecule has 208 valence electrons. The Kier molecular flexibility index (Phi) is 10.0. The van der Waals surface area contributed by atoms with Crippen molar-refractivity contribution in [2.45, 2.75) is 26.9 Å². The summed E-state index contributed by atoms with van der Waals surface area (Å²) in [6.45, 7) is 4.50. The van der Waals surface area contributed by atoms with Crippen LogP contribution in [0.2, 0.25) is 5.02 Å². The smallest absolute Gasteiger partial charge is 0.325 e. The lowest BCUT2D eigenvalue weighted by Crippen LogP contribution is -2.35. The number of carbonyl (C=O) groups excluding carboxylic acids is 2. The summed E-state index contributed by atoms with van der Waals surface area (Å²) in [7, 11) is 1.30. The van der Waals surface area contributed by atoms with Gasteiger partial charge in [-0.15, -0.1) is 0 Å². The van der Waals surface area contributed by atoms with Gasteiger partial charge in [0.25, 0.3) is 5.91 Å². The van der Waals surface area contributed by atoms with E-state index in [1.807, 2.05) is 61.5 Å². The van der Waals surface area contributed by atoms with Gasteiger partial charge in [-0.1, -0.05) is 42.8 Å². The zero-order chi connectivity index (χ0) is 28.8. The van der Waals surface area contributed by atoms with E-state index in [9.17, 15) is 9.59 Å². The molecule has 3 aromatic carbocycles. The number of esters is 1. The predicted molar refractivity (Wildman–Crippen MR) is 169 cm³/mol. The fourth-order valence-corrected chi connectivity index (χ4v) is 5.36. The van der Waals surface area contributed by atoms with Crippen molar-refractivity contribution in [1.82, 2.24) is 4.90 Å². The molecule has 1 amide bonds. The standard InChI is InChI=1S/C30H28ClIN2O5S/c1-4-19-8-12-23(13-9-19)34-29(36)25(33(30(34)40)17-27(35)37-3)15-21-14-24(32)28(26(16-21)38-5-2)39-18-20-6-10-22(31)11-7-20/h6-16H,4-5,17-18H2,1-3H3/b25-15-. The van der Waals surface area contributed by atoms with Crippen LogP contribution < -0.4 is 14.4 Å². The van der Waals surface area contributed by atoms with Crippen molar-refractivity contribution in [3.8, 4) is 11.5 Å². The molecule has 0 unspecified atom stereocenters. The number of anilines is 1. The minimum absolute atomic E-state index is 0.200. The predicted octanol–water partition coefficient (Wildman–Crippen LogP) is 6.63. The number of ether oxygens (including phenoxy) is 3. The Labute approximate surface area is 257 Å². The minimum Gasteiger partial charge on any atom is -0.490 e. The van der Waals surface area contributed by atoms with Gasteiger partial charge in [-0.05, 0) is 107 Å². The number of aryl methyl sites for hydroxylation is 1. The summed E-state index contributed by atoms with van der Waals surface area (Å²) in [5.74, 6) is 0.278. The number of halogens is 2. The molecule has 3 aromatic rings. The van der Waals surface area contributed by atoms with Gasteiger partial charge in [0.2, 0.25) is 0 Å². The molecule has 7 nitrogen and oxygen atoms in total. The van der Waals surface area contributed by atoms with Gasteiger partial charge in [0.1, 0.15) is 18.8 Å². The fraction of sp³-hybridized carbons (Fsp3) is 0.233. The number of nitrogens with zero attached hydrogens (tertiary/aromatic N) is 2. The van der Waals surface area contributed by atoms with Crippen molar-refractivity contribution in [2.24, 2.45) is 0 Å². The topological polar surface area (TPSA) is 68.3 Å². The lowest BCUT2D eigenvalue weighted by atomic mass is 10.1. The molecule has 0 N–H and O–H groups in total. The van der Waals surface area contributed by atoms with Gasteiger partial charge in [-0.3, -0.25) is 14.5 Å². The van der Waals surface area contributed by atoms with Crippen LogP contribution in [0.3, 0.4) is 0 Å². The maximum atomic E-state index is 13.7. The number of hydrogen-bond donors (Lipinski definition) is 0. The van der Waals surface area contributed by atoms with Gasteiger partial charge in [0.05, 0.1) is 23.0 Å². The van der Waals surface area contributed by atoms with E-state index in [0.29, 0.717) is 41.0 Å². The molecule has 0 saturated carbocycles. The van der Waals surface area contributed by atoms with Crippen LogP contribution in [-0.2, 0) is 27.4 Å². The Bertz CT molecular complexity index is 1440. The number of hydrogen-bond acceptors (Lipinski definition) is 6. The van der Waals surface area contributed by atoms with Gasteiger partial charge in [-0.25, -0.2) is 0 Å². The first-order chi connectivity index (χ1) is 19.2. The molecule has 1 heterocycles. The highest BCUT2D eigenvalue weighted by atomic mass is 127. The molecule has 0 bridgehead atoms. The summed E-state index contributed by atoms with van der Waals surface area (Å²) in [4.78, 5) is 28.9. The van der Waals surface area contributed by atoms with Crippen molar-refractivity contribution in [1.29, 1.82) is 0 Å². The largest absolute Gasteiger partial charge is 0.490 e. The van der Waals surface area contributed by atoms with E-state index in [1.165, 1.54) is 16.9 Å². The second kappa shape index (κ2) is 13.5. The third kappa shape index (κ3) is 6.76. The molecule has 1 aliphatic heterocycles. The van der Waals surface area contributed by atoms with Gasteiger partial charge < -0.3 is 19.1 Å². The summed E-state index contributed by atoms with van der Waals surface area (Å²) in [5.41, 5.74) is 3.67. The van der Waals surface area contributed by atoms with E-state index >= 15 is 0 Å². The average molecular weight is 691 g/mol. The van der Waals surface area contributed by atoms with Gasteiger partial charge >= 0.3 is 5.97 Å². The lowest BCUT2D eigenvalue weighted by molar-refractivity contribution is -0.140. The van der Waals surface area contributed by atoms with Gasteiger partial charge in [0, 0.05) is 5.02 Å². The zero-order valence-corrected chi connectivity index (χ0v) is 26.0. The molecule has 0 aromatic heterocycles. The molecule has 0 atom stereocenters. The molecular weight excluding hydrogens is 663 g/mol. The van der Waals surface area contributed by atoms with Crippen LogP contribution in [0.1, 0.15) is 30.5 Å². The third-order valence-electron chi connectivity index (χ3n) is 6.18. The first-order valence-electron chi connectivity index (χ1n) is 12.6. The van der Waals surface area contributed by atoms with Crippen molar-refractivity contribution in [2.75, 3.05) is 25.2 Å². The molecule has 0 aliphatic carbocycles. The van der Waals surface area contributed by atoms with Crippen molar-refractivity contribution >= 4 is 75.2 Å². The number of benzene rings is 3. The maximum absolute atomic E-state index is 13.7. The molecule has 0 spiro atoms. The van der Waals surface area contributed by atoms with Crippen molar-refractivity contribution < 1.29 is 23.8 Å². The summed E-state index contributed by atoms with van der Waals surface area (Å²) in [6, 6.07) is 18.7. The summed E-state index contributed by atoms with van der Waals surface area (Å²) >= 11 is 13.9. The van der Waals surface area contributed by atoms with Crippen LogP contribution in [0.4, 0.5) is 5.69 Å². The zero-order valence-electron chi connectivity index (χ0n) is 22.3. The molecule has 0 radical (unpaired) electrons. The van der Waals surface area contributed by atoms with Crippen LogP contribution in [0.5, 0.6) is 11.5 Å². The molecule has 1 aliphatic rings. The highest BCUT2D eigenvalue weighted by molar-refractivity contribution is 14.1. The number of rotatable bonds is 10. The van der Waals surface area contributed by atoms with Crippen molar-refractivity contribution in [3.63, 3.8) is 0 Å². The second-order valence-electron chi connectivity index (χ2n) is 8.81. The Morgan fingerprint density at radius 2 is 1.70 bits per heavy atom. The second-order valence-corrected chi connectivity index (χ2v) is 10.8. The third-order valence-corrected chi connectivity index (χ3v) is 7.64. The number of amides is 1. The fourth-order valence-electron chi connectivity index (χ4n) is 4.10. The monoisotopic (exact) mass is 690 g/mol. The summed E-state index contributed by atoms with van der Waals surface area (Å²) in [5, 5.41) is 0.859. The van der Waals surface area contributed by atoms with Gasteiger partial charge in [0.15, 0.2) is 16.6 Å². The Morgan fingerprint density at radius 1 is 1.02 bits per heavy atom. The van der Waals surface area contributed by atoms with E-state index in [-0.39, 0.29) is 23.3 Å². The summed E-state index contributed by atoms with van der Waals surface area (Å²) < 4.78 is 17.7. The first kappa shape index (κ1) is 29.8. The SMILES string of the molecule is CCOc1cc(/C=C2/C(=O)N(c3ccc(CC)cc3)C(=S)N2CC(=O)OC)cc(I)c1OCc1ccc(Cl)cc1. The summed E-state index contributed by atoms with van der Waals surface area (Å²) in [6.07, 6.45) is 2.57. The van der Waals surface area contributed by atoms with Crippen LogP contribution >= 0.6 is 46.4 Å². The van der Waals surface area contributed by atoms with Crippen LogP contribution in [0.25, 0.3) is 6.08 Å². The highest BCUT2D eigenvalue weighted by Crippen LogP contribution is 2.37. The Hall–Kier alpha value is -3.15. The van der Waals surface area contributed by atoms with E-state index < -0.39 is 5.97 Å². The van der Waals surface area contributed by atoms with Crippen LogP contribution in [0.15, 0.2) is 66.4 Å². The number of thiocarbonyl (C=S) groups is 1. The van der Waals surface area contributed by atoms with E-state index in [0.717, 1.165) is 21.1 Å². The molecule has 4 rings (SSSR count). The molecular formula is C30H28ClIN2O5S. The molecule has 10 heteroatoms. The van der Waals surface area contributed by atoms with Crippen LogP contribution in [-0.4, -0.2) is 42.2 Å². The van der Waals surface area contributed by atoms with E-state index in [4.69, 9.17) is 38.0 Å². The lowest BCUT2D eigenvalue weighted by Gasteiger charge is -2.19. The molecule has 1 fully saturated rings. The molecule has 1 saturated heterocycles.